The number of carbonyl (C=O) groups is 1. The number of ether oxygens (including phenoxy) is 1. The number of fused-ring (bicyclic) bond motifs is 2. The lowest BCUT2D eigenvalue weighted by atomic mass is 9.66. The second-order valence-electron chi connectivity index (χ2n) is 7.32. The summed E-state index contributed by atoms with van der Waals surface area (Å²) in [6, 6.07) is 5.11. The van der Waals surface area contributed by atoms with Crippen LogP contribution in [0, 0.1) is 0 Å². The third kappa shape index (κ3) is 3.34. The topological polar surface area (TPSA) is 51.2 Å². The fourth-order valence-corrected chi connectivity index (χ4v) is 4.46. The molecule has 1 aromatic carbocycles. The normalized spacial score (nSPS) is 20.6. The van der Waals surface area contributed by atoms with Crippen LogP contribution in [0.2, 0.25) is 0 Å². The van der Waals surface area contributed by atoms with Gasteiger partial charge in [0.15, 0.2) is 5.69 Å². The van der Waals surface area contributed by atoms with Crippen molar-refractivity contribution >= 4 is 17.3 Å². The molecule has 5 rings (SSSR count). The van der Waals surface area contributed by atoms with Crippen molar-refractivity contribution in [3.05, 3.63) is 52.8 Å². The van der Waals surface area contributed by atoms with Gasteiger partial charge in [0, 0.05) is 5.69 Å². The fourth-order valence-electron chi connectivity index (χ4n) is 4.46. The summed E-state index contributed by atoms with van der Waals surface area (Å²) in [5.41, 5.74) is 2.60. The lowest BCUT2D eigenvalue weighted by Crippen LogP contribution is -2.27. The average molecular weight is 390 g/mol. The Morgan fingerprint density at radius 3 is 2.50 bits per heavy atom. The SMILES string of the molecule is CCOC(=O)c1ncc(Nc2cccc(C(F)(F)F)c2)c2c1C1CCC2CC1. The molecule has 0 saturated heterocycles. The molecule has 1 saturated carbocycles. The molecule has 0 spiro atoms. The molecule has 4 nitrogen and oxygen atoms in total. The first-order valence-corrected chi connectivity index (χ1v) is 9.52. The zero-order valence-corrected chi connectivity index (χ0v) is 15.5. The Morgan fingerprint density at radius 2 is 1.86 bits per heavy atom. The van der Waals surface area contributed by atoms with Gasteiger partial charge >= 0.3 is 12.1 Å². The third-order valence-electron chi connectivity index (χ3n) is 5.64. The molecule has 0 atom stereocenters. The number of rotatable bonds is 4. The molecule has 0 aliphatic heterocycles. The van der Waals surface area contributed by atoms with Crippen LogP contribution in [-0.4, -0.2) is 17.6 Å². The molecule has 1 fully saturated rings. The quantitative estimate of drug-likeness (QED) is 0.673. The van der Waals surface area contributed by atoms with Crippen LogP contribution in [0.4, 0.5) is 24.5 Å². The number of aromatic nitrogens is 1. The molecule has 0 amide bonds. The number of hydrogen-bond acceptors (Lipinski definition) is 4. The van der Waals surface area contributed by atoms with E-state index >= 15 is 0 Å². The maximum Gasteiger partial charge on any atom is 0.416 e. The first-order valence-electron chi connectivity index (χ1n) is 9.52. The standard InChI is InChI=1S/C21H21F3N2O2/c1-2-28-20(27)19-18-13-8-6-12(7-9-13)17(18)16(11-25-19)26-15-5-3-4-14(10-15)21(22,23)24/h3-5,10-13,26H,2,6-9H2,1H3. The molecule has 1 aromatic heterocycles. The molecule has 0 unspecified atom stereocenters. The lowest BCUT2D eigenvalue weighted by molar-refractivity contribution is -0.137. The zero-order chi connectivity index (χ0) is 19.9. The number of carbonyl (C=O) groups excluding carboxylic acids is 1. The van der Waals surface area contributed by atoms with Gasteiger partial charge in [-0.05, 0) is 73.8 Å². The Bertz CT molecular complexity index is 903. The smallest absolute Gasteiger partial charge is 0.416 e. The van der Waals surface area contributed by atoms with Gasteiger partial charge in [0.1, 0.15) is 0 Å². The van der Waals surface area contributed by atoms with Gasteiger partial charge in [0.05, 0.1) is 24.1 Å². The first kappa shape index (κ1) is 18.8. The van der Waals surface area contributed by atoms with Crippen molar-refractivity contribution in [2.75, 3.05) is 11.9 Å². The van der Waals surface area contributed by atoms with E-state index in [0.717, 1.165) is 48.9 Å². The number of anilines is 2. The number of halogens is 3. The van der Waals surface area contributed by atoms with Crippen LogP contribution in [0.3, 0.4) is 0 Å². The van der Waals surface area contributed by atoms with E-state index in [1.165, 1.54) is 6.07 Å². The van der Waals surface area contributed by atoms with Crippen molar-refractivity contribution in [1.82, 2.24) is 4.98 Å². The summed E-state index contributed by atoms with van der Waals surface area (Å²) in [6.45, 7) is 2.02. The van der Waals surface area contributed by atoms with E-state index < -0.39 is 17.7 Å². The van der Waals surface area contributed by atoms with E-state index in [0.29, 0.717) is 17.1 Å². The Balaban J connectivity index is 1.75. The van der Waals surface area contributed by atoms with Gasteiger partial charge < -0.3 is 10.1 Å². The number of nitrogens with zero attached hydrogens (tertiary/aromatic N) is 1. The number of hydrogen-bond donors (Lipinski definition) is 1. The van der Waals surface area contributed by atoms with Crippen LogP contribution in [0.1, 0.15) is 71.6 Å². The summed E-state index contributed by atoms with van der Waals surface area (Å²) in [7, 11) is 0. The minimum absolute atomic E-state index is 0.246. The number of alkyl halides is 3. The molecule has 2 aromatic rings. The number of benzene rings is 1. The van der Waals surface area contributed by atoms with Crippen LogP contribution in [0.5, 0.6) is 0 Å². The molecular weight excluding hydrogens is 369 g/mol. The Labute approximate surface area is 161 Å². The Kier molecular flexibility index (Phi) is 4.77. The zero-order valence-electron chi connectivity index (χ0n) is 15.5. The monoisotopic (exact) mass is 390 g/mol. The number of pyridine rings is 1. The molecule has 3 aliphatic carbocycles. The summed E-state index contributed by atoms with van der Waals surface area (Å²) < 4.78 is 44.2. The van der Waals surface area contributed by atoms with Crippen LogP contribution in [0.15, 0.2) is 30.5 Å². The Morgan fingerprint density at radius 1 is 1.18 bits per heavy atom. The largest absolute Gasteiger partial charge is 0.461 e. The highest BCUT2D eigenvalue weighted by Crippen LogP contribution is 2.53. The predicted molar refractivity (Wildman–Crippen MR) is 98.9 cm³/mol. The van der Waals surface area contributed by atoms with Gasteiger partial charge in [-0.15, -0.1) is 0 Å². The van der Waals surface area contributed by atoms with Gasteiger partial charge in [-0.3, -0.25) is 0 Å². The van der Waals surface area contributed by atoms with Crippen molar-refractivity contribution in [2.24, 2.45) is 0 Å². The highest BCUT2D eigenvalue weighted by atomic mass is 19.4. The number of esters is 1. The van der Waals surface area contributed by atoms with E-state index in [1.54, 1.807) is 19.2 Å². The van der Waals surface area contributed by atoms with E-state index in [9.17, 15) is 18.0 Å². The summed E-state index contributed by atoms with van der Waals surface area (Å²) in [5.74, 6) is 0.0940. The molecule has 2 bridgehead atoms. The van der Waals surface area contributed by atoms with Crippen LogP contribution in [-0.2, 0) is 10.9 Å². The molecule has 7 heteroatoms. The summed E-state index contributed by atoms with van der Waals surface area (Å²) >= 11 is 0. The van der Waals surface area contributed by atoms with Crippen molar-refractivity contribution in [2.45, 2.75) is 50.6 Å². The molecule has 1 N–H and O–H groups in total. The molecule has 28 heavy (non-hydrogen) atoms. The van der Waals surface area contributed by atoms with E-state index in [4.69, 9.17) is 4.74 Å². The number of nitrogens with one attached hydrogen (secondary N) is 1. The first-order chi connectivity index (χ1) is 13.4. The maximum atomic E-state index is 13.0. The maximum absolute atomic E-state index is 13.0. The van der Waals surface area contributed by atoms with Crippen molar-refractivity contribution < 1.29 is 22.7 Å². The van der Waals surface area contributed by atoms with Crippen molar-refractivity contribution in [3.63, 3.8) is 0 Å². The average Bonchev–Trinajstić information content (AvgIpc) is 2.69. The van der Waals surface area contributed by atoms with Gasteiger partial charge in [-0.2, -0.15) is 13.2 Å². The summed E-state index contributed by atoms with van der Waals surface area (Å²) in [5, 5.41) is 3.11. The fraction of sp³-hybridized carbons (Fsp3) is 0.429. The third-order valence-corrected chi connectivity index (χ3v) is 5.64. The summed E-state index contributed by atoms with van der Waals surface area (Å²) in [6.07, 6.45) is 1.17. The van der Waals surface area contributed by atoms with Gasteiger partial charge in [-0.25, -0.2) is 9.78 Å². The van der Waals surface area contributed by atoms with Gasteiger partial charge in [-0.1, -0.05) is 6.07 Å². The Hall–Kier alpha value is -2.57. The molecule has 148 valence electrons. The molecule has 3 aliphatic rings. The van der Waals surface area contributed by atoms with Crippen LogP contribution >= 0.6 is 0 Å². The molecule has 1 heterocycles. The van der Waals surface area contributed by atoms with Gasteiger partial charge in [0.2, 0.25) is 0 Å². The molecule has 0 radical (unpaired) electrons. The highest BCUT2D eigenvalue weighted by molar-refractivity contribution is 5.91. The van der Waals surface area contributed by atoms with Crippen molar-refractivity contribution in [1.29, 1.82) is 0 Å². The summed E-state index contributed by atoms with van der Waals surface area (Å²) in [4.78, 5) is 16.7. The minimum Gasteiger partial charge on any atom is -0.461 e. The second kappa shape index (κ2) is 7.11. The molecular formula is C21H21F3N2O2. The minimum atomic E-state index is -4.40. The van der Waals surface area contributed by atoms with E-state index in [-0.39, 0.29) is 18.4 Å². The van der Waals surface area contributed by atoms with Gasteiger partial charge in [0.25, 0.3) is 0 Å². The lowest BCUT2D eigenvalue weighted by Gasteiger charge is -2.40. The van der Waals surface area contributed by atoms with Crippen molar-refractivity contribution in [3.8, 4) is 0 Å². The van der Waals surface area contributed by atoms with E-state index in [1.807, 2.05) is 0 Å². The van der Waals surface area contributed by atoms with E-state index in [2.05, 4.69) is 10.3 Å². The second-order valence-corrected chi connectivity index (χ2v) is 7.32. The van der Waals surface area contributed by atoms with Crippen LogP contribution in [0.25, 0.3) is 0 Å². The highest BCUT2D eigenvalue weighted by Gasteiger charge is 2.39. The predicted octanol–water partition coefficient (Wildman–Crippen LogP) is 5.78. The van der Waals surface area contributed by atoms with Crippen LogP contribution < -0.4 is 5.32 Å².